The smallest absolute Gasteiger partial charge is 0.161 e. The molecule has 0 amide bonds. The molecule has 10 aromatic rings. The monoisotopic (exact) mass is 726 g/mol. The summed E-state index contributed by atoms with van der Waals surface area (Å²) in [7, 11) is 0. The Bertz CT molecular complexity index is 3210. The predicted molar refractivity (Wildman–Crippen MR) is 239 cm³/mol. The van der Waals surface area contributed by atoms with E-state index in [4.69, 9.17) is 9.97 Å². The molecule has 2 heteroatoms. The molecule has 0 unspecified atom stereocenters. The highest BCUT2D eigenvalue weighted by atomic mass is 14.9. The molecule has 0 radical (unpaired) electrons. The van der Waals surface area contributed by atoms with E-state index in [1.165, 1.54) is 65.9 Å². The summed E-state index contributed by atoms with van der Waals surface area (Å²) in [5.41, 5.74) is 15.0. The molecule has 0 atom stereocenters. The van der Waals surface area contributed by atoms with Crippen molar-refractivity contribution in [2.45, 2.75) is 19.3 Å². The van der Waals surface area contributed by atoms with E-state index in [0.29, 0.717) is 5.82 Å². The first kappa shape index (κ1) is 33.2. The van der Waals surface area contributed by atoms with Crippen LogP contribution in [0.3, 0.4) is 0 Å². The zero-order valence-corrected chi connectivity index (χ0v) is 31.9. The molecule has 1 aliphatic carbocycles. The van der Waals surface area contributed by atoms with Crippen LogP contribution in [0.25, 0.3) is 99.6 Å². The highest BCUT2D eigenvalue weighted by Gasteiger charge is 2.39. The van der Waals surface area contributed by atoms with Crippen molar-refractivity contribution in [3.63, 3.8) is 0 Å². The van der Waals surface area contributed by atoms with Crippen LogP contribution in [0.15, 0.2) is 194 Å². The van der Waals surface area contributed by atoms with E-state index in [9.17, 15) is 0 Å². The molecule has 1 aliphatic rings. The largest absolute Gasteiger partial charge is 0.228 e. The van der Waals surface area contributed by atoms with E-state index in [2.05, 4.69) is 208 Å². The molecule has 0 fully saturated rings. The number of hydrogen-bond donors (Lipinski definition) is 0. The van der Waals surface area contributed by atoms with Crippen molar-refractivity contribution in [1.82, 2.24) is 9.97 Å². The van der Waals surface area contributed by atoms with Gasteiger partial charge >= 0.3 is 0 Å². The van der Waals surface area contributed by atoms with E-state index >= 15 is 0 Å². The third-order valence-corrected chi connectivity index (χ3v) is 12.0. The average molecular weight is 727 g/mol. The van der Waals surface area contributed by atoms with Gasteiger partial charge in [-0.25, -0.2) is 9.97 Å². The first-order chi connectivity index (χ1) is 28.0. The first-order valence-corrected chi connectivity index (χ1v) is 19.7. The summed E-state index contributed by atoms with van der Waals surface area (Å²) in [5, 5.41) is 7.28. The summed E-state index contributed by atoms with van der Waals surface area (Å²) >= 11 is 0. The number of hydrogen-bond acceptors (Lipinski definition) is 2. The molecular formula is C55H38N2. The van der Waals surface area contributed by atoms with Crippen LogP contribution < -0.4 is 0 Å². The maximum atomic E-state index is 5.41. The van der Waals surface area contributed by atoms with Crippen LogP contribution in [0.1, 0.15) is 25.0 Å². The fourth-order valence-electron chi connectivity index (χ4n) is 9.49. The third kappa shape index (κ3) is 5.33. The van der Waals surface area contributed by atoms with Crippen molar-refractivity contribution < 1.29 is 0 Å². The Morgan fingerprint density at radius 3 is 1.63 bits per heavy atom. The molecule has 268 valence electrons. The van der Waals surface area contributed by atoms with Crippen LogP contribution in [0.2, 0.25) is 0 Å². The van der Waals surface area contributed by atoms with Gasteiger partial charge in [-0.1, -0.05) is 190 Å². The van der Waals surface area contributed by atoms with Gasteiger partial charge in [-0.15, -0.1) is 0 Å². The van der Waals surface area contributed by atoms with Crippen LogP contribution >= 0.6 is 0 Å². The average Bonchev–Trinajstić information content (AvgIpc) is 3.52. The standard InChI is InChI=1S/C55H38N2/c1-55(2)52-41-23-9-7-18-37(41)29-30-48(52)47-28-14-27-46(53(47)55)44-31-32-49(43-25-11-10-24-42(43)44)54-56-50(39-21-12-20-38(33-39)35-15-4-3-5-16-35)34-51(57-54)45-26-13-19-36-17-6-8-22-40(36)45/h3-34H,1-2H3. The summed E-state index contributed by atoms with van der Waals surface area (Å²) in [6.07, 6.45) is 0. The Balaban J connectivity index is 1.12. The number of aromatic nitrogens is 2. The zero-order chi connectivity index (χ0) is 38.1. The van der Waals surface area contributed by atoms with Crippen LogP contribution in [-0.4, -0.2) is 9.97 Å². The van der Waals surface area contributed by atoms with Gasteiger partial charge in [0.25, 0.3) is 0 Å². The van der Waals surface area contributed by atoms with Gasteiger partial charge in [0.2, 0.25) is 0 Å². The summed E-state index contributed by atoms with van der Waals surface area (Å²) in [4.78, 5) is 10.8. The molecule has 0 saturated carbocycles. The van der Waals surface area contributed by atoms with Crippen LogP contribution in [-0.2, 0) is 5.41 Å². The maximum Gasteiger partial charge on any atom is 0.161 e. The Morgan fingerprint density at radius 1 is 0.316 bits per heavy atom. The first-order valence-electron chi connectivity index (χ1n) is 19.7. The van der Waals surface area contributed by atoms with E-state index in [1.54, 1.807) is 0 Å². The summed E-state index contributed by atoms with van der Waals surface area (Å²) in [5.74, 6) is 0.709. The molecular weight excluding hydrogens is 689 g/mol. The Morgan fingerprint density at radius 2 is 0.825 bits per heavy atom. The number of benzene rings is 9. The van der Waals surface area contributed by atoms with Gasteiger partial charge in [0, 0.05) is 22.1 Å². The van der Waals surface area contributed by atoms with E-state index in [1.807, 2.05) is 0 Å². The number of rotatable bonds is 5. The van der Waals surface area contributed by atoms with Crippen molar-refractivity contribution in [3.05, 3.63) is 205 Å². The van der Waals surface area contributed by atoms with Gasteiger partial charge in [0.1, 0.15) is 0 Å². The van der Waals surface area contributed by atoms with Crippen LogP contribution in [0.5, 0.6) is 0 Å². The summed E-state index contributed by atoms with van der Waals surface area (Å²) < 4.78 is 0. The van der Waals surface area contributed by atoms with Gasteiger partial charge in [-0.3, -0.25) is 0 Å². The highest BCUT2D eigenvalue weighted by Crippen LogP contribution is 2.55. The fraction of sp³-hybridized carbons (Fsp3) is 0.0545. The lowest BCUT2D eigenvalue weighted by molar-refractivity contribution is 0.668. The molecule has 11 rings (SSSR count). The molecule has 9 aromatic carbocycles. The maximum absolute atomic E-state index is 5.41. The Labute approximate surface area is 332 Å². The van der Waals surface area contributed by atoms with Crippen molar-refractivity contribution in [2.24, 2.45) is 0 Å². The van der Waals surface area contributed by atoms with Gasteiger partial charge in [0.15, 0.2) is 5.82 Å². The van der Waals surface area contributed by atoms with Crippen LogP contribution in [0, 0.1) is 0 Å². The van der Waals surface area contributed by atoms with Crippen LogP contribution in [0.4, 0.5) is 0 Å². The molecule has 0 spiro atoms. The number of nitrogens with zero attached hydrogens (tertiary/aromatic N) is 2. The topological polar surface area (TPSA) is 25.8 Å². The SMILES string of the molecule is CC1(C)c2c(cccc2-c2ccc(-c3nc(-c4cccc(-c5ccccc5)c4)cc(-c4cccc5ccccc45)n3)c3ccccc23)-c2ccc3ccccc3c21. The Hall–Kier alpha value is -7.16. The molecule has 2 nitrogen and oxygen atoms in total. The lowest BCUT2D eigenvalue weighted by Gasteiger charge is -2.26. The molecule has 1 heterocycles. The molecule has 0 bridgehead atoms. The van der Waals surface area contributed by atoms with E-state index < -0.39 is 0 Å². The van der Waals surface area contributed by atoms with Gasteiger partial charge in [-0.2, -0.15) is 0 Å². The van der Waals surface area contributed by atoms with Gasteiger partial charge in [0.05, 0.1) is 11.4 Å². The fourth-order valence-corrected chi connectivity index (χ4v) is 9.49. The molecule has 57 heavy (non-hydrogen) atoms. The molecule has 0 aliphatic heterocycles. The lowest BCUT2D eigenvalue weighted by Crippen LogP contribution is -2.17. The summed E-state index contributed by atoms with van der Waals surface area (Å²) in [6, 6.07) is 70.0. The van der Waals surface area contributed by atoms with Gasteiger partial charge in [-0.05, 0) is 95.0 Å². The van der Waals surface area contributed by atoms with Crippen molar-refractivity contribution in [1.29, 1.82) is 0 Å². The molecule has 0 N–H and O–H groups in total. The third-order valence-electron chi connectivity index (χ3n) is 12.0. The summed E-state index contributed by atoms with van der Waals surface area (Å²) in [6.45, 7) is 4.79. The minimum absolute atomic E-state index is 0.193. The van der Waals surface area contributed by atoms with Crippen molar-refractivity contribution >= 4 is 32.3 Å². The van der Waals surface area contributed by atoms with Crippen molar-refractivity contribution in [2.75, 3.05) is 0 Å². The number of fused-ring (bicyclic) bond motifs is 7. The molecule has 0 saturated heterocycles. The zero-order valence-electron chi connectivity index (χ0n) is 31.9. The molecule has 1 aromatic heterocycles. The minimum Gasteiger partial charge on any atom is -0.228 e. The highest BCUT2D eigenvalue weighted by molar-refractivity contribution is 6.07. The second kappa shape index (κ2) is 13.0. The normalized spacial score (nSPS) is 12.9. The Kier molecular flexibility index (Phi) is 7.55. The van der Waals surface area contributed by atoms with E-state index in [-0.39, 0.29) is 5.41 Å². The second-order valence-corrected chi connectivity index (χ2v) is 15.7. The minimum atomic E-state index is -0.193. The van der Waals surface area contributed by atoms with Gasteiger partial charge < -0.3 is 0 Å². The lowest BCUT2D eigenvalue weighted by atomic mass is 9.77. The quantitative estimate of drug-likeness (QED) is 0.176. The van der Waals surface area contributed by atoms with Crippen molar-refractivity contribution in [3.8, 4) is 67.3 Å². The predicted octanol–water partition coefficient (Wildman–Crippen LogP) is 14.6. The second-order valence-electron chi connectivity index (χ2n) is 15.7. The van der Waals surface area contributed by atoms with E-state index in [0.717, 1.165) is 39.0 Å².